The molecule has 0 aromatic heterocycles. The molecule has 0 spiro atoms. The maximum absolute atomic E-state index is 3.13. The Bertz CT molecular complexity index is 213. The zero-order valence-corrected chi connectivity index (χ0v) is 11.7. The van der Waals surface area contributed by atoms with Gasteiger partial charge in [0.15, 0.2) is 0 Å². The van der Waals surface area contributed by atoms with Crippen LogP contribution in [0, 0.1) is 0 Å². The normalized spacial score (nSPS) is 8.38. The average Bonchev–Trinajstić information content (AvgIpc) is 2.36. The van der Waals surface area contributed by atoms with Gasteiger partial charge in [-0.05, 0) is 25.2 Å². The Labute approximate surface area is 101 Å². The first-order chi connectivity index (χ1) is 7.86. The van der Waals surface area contributed by atoms with Gasteiger partial charge in [-0.3, -0.25) is 0 Å². The summed E-state index contributed by atoms with van der Waals surface area (Å²) in [5, 5.41) is 6.27. The molecule has 0 amide bonds. The summed E-state index contributed by atoms with van der Waals surface area (Å²) in [5.41, 5.74) is 2.68. The van der Waals surface area contributed by atoms with Crippen LogP contribution in [0.15, 0.2) is 24.3 Å². The van der Waals surface area contributed by atoms with Crippen molar-refractivity contribution in [3.8, 4) is 0 Å². The molecule has 0 unspecified atom stereocenters. The molecule has 2 N–H and O–H groups in total. The van der Waals surface area contributed by atoms with Crippen molar-refractivity contribution in [1.82, 2.24) is 10.6 Å². The third kappa shape index (κ3) is 8.45. The van der Waals surface area contributed by atoms with Crippen LogP contribution in [-0.4, -0.2) is 14.1 Å². The van der Waals surface area contributed by atoms with Crippen molar-refractivity contribution in [2.45, 2.75) is 40.8 Å². The second-order valence-electron chi connectivity index (χ2n) is 2.88. The molecule has 1 rings (SSSR count). The highest BCUT2D eigenvalue weighted by atomic mass is 14.8. The maximum atomic E-state index is 3.13. The summed E-state index contributed by atoms with van der Waals surface area (Å²) >= 11 is 0. The Morgan fingerprint density at radius 3 is 1.50 bits per heavy atom. The van der Waals surface area contributed by atoms with Crippen molar-refractivity contribution >= 4 is 0 Å². The van der Waals surface area contributed by atoms with Gasteiger partial charge in [0.2, 0.25) is 0 Å². The van der Waals surface area contributed by atoms with Gasteiger partial charge in [0.25, 0.3) is 0 Å². The minimum atomic E-state index is 0.942. The molecule has 0 atom stereocenters. The number of rotatable bonds is 4. The van der Waals surface area contributed by atoms with E-state index in [1.54, 1.807) is 0 Å². The fraction of sp³-hybridized carbons (Fsp3) is 0.571. The van der Waals surface area contributed by atoms with Gasteiger partial charge in [-0.25, -0.2) is 0 Å². The van der Waals surface area contributed by atoms with Crippen LogP contribution < -0.4 is 10.6 Å². The van der Waals surface area contributed by atoms with E-state index in [1.807, 2.05) is 41.8 Å². The monoisotopic (exact) mass is 224 g/mol. The van der Waals surface area contributed by atoms with E-state index in [0.717, 1.165) is 13.1 Å². The predicted octanol–water partition coefficient (Wildman–Crippen LogP) is 3.18. The highest BCUT2D eigenvalue weighted by molar-refractivity contribution is 5.23. The smallest absolute Gasteiger partial charge is 0.0202 e. The number of nitrogens with one attached hydrogen (secondary N) is 2. The molecule has 0 aliphatic carbocycles. The number of benzene rings is 1. The zero-order chi connectivity index (χ0) is 12.8. The Balaban J connectivity index is 0. The van der Waals surface area contributed by atoms with Crippen molar-refractivity contribution in [3.05, 3.63) is 35.4 Å². The maximum Gasteiger partial charge on any atom is 0.0202 e. The molecule has 2 heteroatoms. The van der Waals surface area contributed by atoms with E-state index in [1.165, 1.54) is 11.1 Å². The van der Waals surface area contributed by atoms with E-state index in [4.69, 9.17) is 0 Å². The first-order valence-electron chi connectivity index (χ1n) is 6.24. The lowest BCUT2D eigenvalue weighted by molar-refractivity contribution is 0.797. The Morgan fingerprint density at radius 1 is 0.812 bits per heavy atom. The fourth-order valence-electron chi connectivity index (χ4n) is 1.26. The van der Waals surface area contributed by atoms with Crippen molar-refractivity contribution in [2.75, 3.05) is 14.1 Å². The van der Waals surface area contributed by atoms with Crippen molar-refractivity contribution in [2.24, 2.45) is 0 Å². The molecule has 0 fully saturated rings. The van der Waals surface area contributed by atoms with Crippen LogP contribution in [0.1, 0.15) is 38.8 Å². The van der Waals surface area contributed by atoms with Gasteiger partial charge in [0.05, 0.1) is 0 Å². The lowest BCUT2D eigenvalue weighted by Gasteiger charge is -2.03. The van der Waals surface area contributed by atoms with Gasteiger partial charge in [-0.15, -0.1) is 0 Å². The van der Waals surface area contributed by atoms with Crippen molar-refractivity contribution in [3.63, 3.8) is 0 Å². The summed E-state index contributed by atoms with van der Waals surface area (Å²) in [7, 11) is 3.93. The minimum absolute atomic E-state index is 0.942. The molecule has 1 aromatic rings. The third-order valence-electron chi connectivity index (χ3n) is 1.75. The van der Waals surface area contributed by atoms with Gasteiger partial charge in [0, 0.05) is 13.1 Å². The molecule has 0 bridgehead atoms. The summed E-state index contributed by atoms with van der Waals surface area (Å²) in [4.78, 5) is 0. The van der Waals surface area contributed by atoms with E-state index in [9.17, 15) is 0 Å². The Kier molecular flexibility index (Phi) is 15.5. The second-order valence-corrected chi connectivity index (χ2v) is 2.88. The minimum Gasteiger partial charge on any atom is -0.316 e. The molecule has 0 saturated carbocycles. The van der Waals surface area contributed by atoms with Crippen LogP contribution in [0.2, 0.25) is 0 Å². The molecule has 0 radical (unpaired) electrons. The summed E-state index contributed by atoms with van der Waals surface area (Å²) < 4.78 is 0. The fourth-order valence-corrected chi connectivity index (χ4v) is 1.26. The highest BCUT2D eigenvalue weighted by Gasteiger charge is 1.92. The van der Waals surface area contributed by atoms with Gasteiger partial charge in [-0.2, -0.15) is 0 Å². The second kappa shape index (κ2) is 14.1. The molecular formula is C14H28N2. The van der Waals surface area contributed by atoms with Crippen LogP contribution in [-0.2, 0) is 13.1 Å². The van der Waals surface area contributed by atoms with Crippen molar-refractivity contribution < 1.29 is 0 Å². The van der Waals surface area contributed by atoms with Gasteiger partial charge in [0.1, 0.15) is 0 Å². The SMILES string of the molecule is CC.CC.CNCc1cccc(CNC)c1. The van der Waals surface area contributed by atoms with E-state index in [2.05, 4.69) is 34.9 Å². The summed E-state index contributed by atoms with van der Waals surface area (Å²) in [5.74, 6) is 0. The zero-order valence-electron chi connectivity index (χ0n) is 11.7. The van der Waals surface area contributed by atoms with Gasteiger partial charge in [-0.1, -0.05) is 52.0 Å². The largest absolute Gasteiger partial charge is 0.316 e. The molecular weight excluding hydrogens is 196 g/mol. The highest BCUT2D eigenvalue weighted by Crippen LogP contribution is 2.04. The lowest BCUT2D eigenvalue weighted by atomic mass is 10.1. The van der Waals surface area contributed by atoms with E-state index in [0.29, 0.717) is 0 Å². The molecule has 2 nitrogen and oxygen atoms in total. The summed E-state index contributed by atoms with van der Waals surface area (Å²) in [6, 6.07) is 8.58. The van der Waals surface area contributed by atoms with E-state index >= 15 is 0 Å². The number of hydrogen-bond donors (Lipinski definition) is 2. The van der Waals surface area contributed by atoms with E-state index < -0.39 is 0 Å². The molecule has 16 heavy (non-hydrogen) atoms. The topological polar surface area (TPSA) is 24.1 Å². The van der Waals surface area contributed by atoms with Crippen LogP contribution in [0.4, 0.5) is 0 Å². The molecule has 0 saturated heterocycles. The van der Waals surface area contributed by atoms with Crippen LogP contribution in [0.5, 0.6) is 0 Å². The average molecular weight is 224 g/mol. The van der Waals surface area contributed by atoms with Crippen LogP contribution in [0.25, 0.3) is 0 Å². The third-order valence-corrected chi connectivity index (χ3v) is 1.75. The first kappa shape index (κ1) is 17.5. The molecule has 0 aliphatic heterocycles. The molecule has 94 valence electrons. The summed E-state index contributed by atoms with van der Waals surface area (Å²) in [6.45, 7) is 9.88. The Morgan fingerprint density at radius 2 is 1.19 bits per heavy atom. The van der Waals surface area contributed by atoms with Crippen molar-refractivity contribution in [1.29, 1.82) is 0 Å². The van der Waals surface area contributed by atoms with E-state index in [-0.39, 0.29) is 0 Å². The summed E-state index contributed by atoms with van der Waals surface area (Å²) in [6.07, 6.45) is 0. The molecule has 0 aliphatic rings. The van der Waals surface area contributed by atoms with Crippen LogP contribution >= 0.6 is 0 Å². The quantitative estimate of drug-likeness (QED) is 0.821. The molecule has 0 heterocycles. The molecule has 1 aromatic carbocycles. The predicted molar refractivity (Wildman–Crippen MR) is 74.7 cm³/mol. The first-order valence-corrected chi connectivity index (χ1v) is 6.24. The lowest BCUT2D eigenvalue weighted by Crippen LogP contribution is -2.08. The van der Waals surface area contributed by atoms with Gasteiger partial charge >= 0.3 is 0 Å². The van der Waals surface area contributed by atoms with Gasteiger partial charge < -0.3 is 10.6 Å². The van der Waals surface area contributed by atoms with Crippen LogP contribution in [0.3, 0.4) is 0 Å². The Hall–Kier alpha value is -0.860. The standard InChI is InChI=1S/C10H16N2.2C2H6/c1-11-7-9-4-3-5-10(6-9)8-12-2;2*1-2/h3-6,11-12H,7-8H2,1-2H3;2*1-2H3. The number of hydrogen-bond acceptors (Lipinski definition) is 2.